The highest BCUT2D eigenvalue weighted by Crippen LogP contribution is 2.26. The van der Waals surface area contributed by atoms with E-state index in [4.69, 9.17) is 5.84 Å². The van der Waals surface area contributed by atoms with Gasteiger partial charge in [0.05, 0.1) is 17.4 Å². The zero-order chi connectivity index (χ0) is 14.0. The molecule has 1 unspecified atom stereocenters. The molecule has 0 saturated heterocycles. The summed E-state index contributed by atoms with van der Waals surface area (Å²) < 4.78 is 0. The Hall–Kier alpha value is -1.78. The number of aromatic nitrogens is 2. The van der Waals surface area contributed by atoms with E-state index < -0.39 is 0 Å². The number of rotatable bonds is 3. The Morgan fingerprint density at radius 2 is 1.74 bits per heavy atom. The molecule has 1 aromatic heterocycles. The summed E-state index contributed by atoms with van der Waals surface area (Å²) in [5.41, 5.74) is 9.38. The first kappa shape index (κ1) is 13.6. The fourth-order valence-corrected chi connectivity index (χ4v) is 2.28. The zero-order valence-electron chi connectivity index (χ0n) is 11.9. The van der Waals surface area contributed by atoms with Crippen LogP contribution >= 0.6 is 0 Å². The SMILES string of the molecule is Cc1ccc(C)c(C(NN)c2cc(C)nnc2C)c1. The van der Waals surface area contributed by atoms with Crippen LogP contribution in [-0.2, 0) is 0 Å². The summed E-state index contributed by atoms with van der Waals surface area (Å²) in [6.45, 7) is 8.07. The summed E-state index contributed by atoms with van der Waals surface area (Å²) in [6.07, 6.45) is 0. The predicted molar refractivity (Wildman–Crippen MR) is 76.6 cm³/mol. The van der Waals surface area contributed by atoms with E-state index in [0.717, 1.165) is 17.0 Å². The van der Waals surface area contributed by atoms with E-state index in [-0.39, 0.29) is 6.04 Å². The highest BCUT2D eigenvalue weighted by Gasteiger charge is 2.18. The first-order chi connectivity index (χ1) is 9.02. The van der Waals surface area contributed by atoms with Crippen LogP contribution in [0.25, 0.3) is 0 Å². The standard InChI is InChI=1S/C15H20N4/c1-9-5-6-10(2)13(7-9)15(17-16)14-8-11(3)18-19-12(14)4/h5-8,15,17H,16H2,1-4H3. The average molecular weight is 256 g/mol. The molecular formula is C15H20N4. The largest absolute Gasteiger partial charge is 0.271 e. The summed E-state index contributed by atoms with van der Waals surface area (Å²) in [7, 11) is 0. The second-order valence-corrected chi connectivity index (χ2v) is 4.99. The molecule has 0 aliphatic heterocycles. The third-order valence-corrected chi connectivity index (χ3v) is 3.36. The van der Waals surface area contributed by atoms with Crippen molar-refractivity contribution in [3.05, 3.63) is 57.9 Å². The van der Waals surface area contributed by atoms with Crippen molar-refractivity contribution < 1.29 is 0 Å². The van der Waals surface area contributed by atoms with E-state index in [0.29, 0.717) is 0 Å². The lowest BCUT2D eigenvalue weighted by atomic mass is 9.93. The van der Waals surface area contributed by atoms with Crippen molar-refractivity contribution in [1.82, 2.24) is 15.6 Å². The van der Waals surface area contributed by atoms with Gasteiger partial charge in [0.2, 0.25) is 0 Å². The molecule has 0 amide bonds. The molecule has 1 heterocycles. The maximum atomic E-state index is 5.78. The van der Waals surface area contributed by atoms with E-state index in [1.165, 1.54) is 16.7 Å². The number of benzene rings is 1. The minimum Gasteiger partial charge on any atom is -0.271 e. The molecule has 0 aliphatic carbocycles. The summed E-state index contributed by atoms with van der Waals surface area (Å²) >= 11 is 0. The fraction of sp³-hybridized carbons (Fsp3) is 0.333. The summed E-state index contributed by atoms with van der Waals surface area (Å²) in [5, 5.41) is 8.25. The minimum absolute atomic E-state index is 0.0610. The molecule has 1 atom stereocenters. The molecule has 0 spiro atoms. The molecule has 0 radical (unpaired) electrons. The lowest BCUT2D eigenvalue weighted by molar-refractivity contribution is 0.622. The third kappa shape index (κ3) is 2.80. The third-order valence-electron chi connectivity index (χ3n) is 3.36. The van der Waals surface area contributed by atoms with Gasteiger partial charge >= 0.3 is 0 Å². The Morgan fingerprint density at radius 1 is 1.00 bits per heavy atom. The van der Waals surface area contributed by atoms with Crippen LogP contribution in [0, 0.1) is 27.7 Å². The molecule has 19 heavy (non-hydrogen) atoms. The van der Waals surface area contributed by atoms with E-state index in [1.54, 1.807) is 0 Å². The van der Waals surface area contributed by atoms with Gasteiger partial charge in [0.1, 0.15) is 0 Å². The van der Waals surface area contributed by atoms with Gasteiger partial charge in [-0.25, -0.2) is 5.43 Å². The molecule has 3 N–H and O–H groups in total. The molecular weight excluding hydrogens is 236 g/mol. The van der Waals surface area contributed by atoms with Gasteiger partial charge in [0, 0.05) is 0 Å². The normalized spacial score (nSPS) is 12.5. The molecule has 100 valence electrons. The van der Waals surface area contributed by atoms with Gasteiger partial charge in [-0.2, -0.15) is 10.2 Å². The Kier molecular flexibility index (Phi) is 3.93. The maximum Gasteiger partial charge on any atom is 0.0731 e. The highest BCUT2D eigenvalue weighted by atomic mass is 15.2. The number of aryl methyl sites for hydroxylation is 4. The quantitative estimate of drug-likeness (QED) is 0.653. The van der Waals surface area contributed by atoms with Crippen molar-refractivity contribution in [2.75, 3.05) is 0 Å². The monoisotopic (exact) mass is 256 g/mol. The van der Waals surface area contributed by atoms with E-state index in [2.05, 4.69) is 47.7 Å². The van der Waals surface area contributed by atoms with Gasteiger partial charge in [-0.3, -0.25) is 5.84 Å². The number of nitrogens with one attached hydrogen (secondary N) is 1. The average Bonchev–Trinajstić information content (AvgIpc) is 2.38. The molecule has 0 bridgehead atoms. The molecule has 4 heteroatoms. The van der Waals surface area contributed by atoms with Crippen LogP contribution in [0.5, 0.6) is 0 Å². The van der Waals surface area contributed by atoms with Crippen molar-refractivity contribution in [3.63, 3.8) is 0 Å². The molecule has 0 saturated carbocycles. The molecule has 2 rings (SSSR count). The fourth-order valence-electron chi connectivity index (χ4n) is 2.28. The second-order valence-electron chi connectivity index (χ2n) is 4.99. The number of hydrazine groups is 1. The number of nitrogens with zero attached hydrogens (tertiary/aromatic N) is 2. The number of nitrogens with two attached hydrogens (primary N) is 1. The smallest absolute Gasteiger partial charge is 0.0731 e. The topological polar surface area (TPSA) is 63.8 Å². The van der Waals surface area contributed by atoms with Crippen molar-refractivity contribution in [1.29, 1.82) is 0 Å². The molecule has 0 fully saturated rings. The first-order valence-electron chi connectivity index (χ1n) is 6.37. The van der Waals surface area contributed by atoms with Gasteiger partial charge in [0.25, 0.3) is 0 Å². The Morgan fingerprint density at radius 3 is 2.42 bits per heavy atom. The summed E-state index contributed by atoms with van der Waals surface area (Å²) in [5.74, 6) is 5.78. The van der Waals surface area contributed by atoms with Crippen molar-refractivity contribution in [3.8, 4) is 0 Å². The Labute approximate surface area is 114 Å². The Bertz CT molecular complexity index is 541. The summed E-state index contributed by atoms with van der Waals surface area (Å²) in [6, 6.07) is 8.36. The van der Waals surface area contributed by atoms with Gasteiger partial charge in [0.15, 0.2) is 0 Å². The van der Waals surface area contributed by atoms with Crippen molar-refractivity contribution in [2.24, 2.45) is 5.84 Å². The van der Waals surface area contributed by atoms with Gasteiger partial charge in [-0.05, 0) is 50.5 Å². The molecule has 0 aliphatic rings. The Balaban J connectivity index is 2.55. The minimum atomic E-state index is -0.0610. The van der Waals surface area contributed by atoms with Crippen LogP contribution in [-0.4, -0.2) is 10.2 Å². The van der Waals surface area contributed by atoms with Crippen LogP contribution in [0.2, 0.25) is 0 Å². The van der Waals surface area contributed by atoms with Crippen LogP contribution in [0.1, 0.15) is 39.7 Å². The first-order valence-corrected chi connectivity index (χ1v) is 6.37. The van der Waals surface area contributed by atoms with Gasteiger partial charge in [-0.1, -0.05) is 23.8 Å². The summed E-state index contributed by atoms with van der Waals surface area (Å²) in [4.78, 5) is 0. The van der Waals surface area contributed by atoms with Crippen LogP contribution in [0.4, 0.5) is 0 Å². The lowest BCUT2D eigenvalue weighted by Gasteiger charge is -2.21. The van der Waals surface area contributed by atoms with Crippen molar-refractivity contribution in [2.45, 2.75) is 33.7 Å². The second kappa shape index (κ2) is 5.47. The zero-order valence-corrected chi connectivity index (χ0v) is 11.9. The van der Waals surface area contributed by atoms with Crippen LogP contribution in [0.15, 0.2) is 24.3 Å². The molecule has 2 aromatic rings. The van der Waals surface area contributed by atoms with E-state index in [1.807, 2.05) is 19.9 Å². The lowest BCUT2D eigenvalue weighted by Crippen LogP contribution is -2.30. The van der Waals surface area contributed by atoms with Crippen molar-refractivity contribution >= 4 is 0 Å². The van der Waals surface area contributed by atoms with Gasteiger partial charge in [-0.15, -0.1) is 0 Å². The molecule has 4 nitrogen and oxygen atoms in total. The van der Waals surface area contributed by atoms with E-state index in [9.17, 15) is 0 Å². The van der Waals surface area contributed by atoms with Crippen LogP contribution < -0.4 is 11.3 Å². The maximum absolute atomic E-state index is 5.78. The van der Waals surface area contributed by atoms with Gasteiger partial charge < -0.3 is 0 Å². The predicted octanol–water partition coefficient (Wildman–Crippen LogP) is 2.26. The van der Waals surface area contributed by atoms with Crippen LogP contribution in [0.3, 0.4) is 0 Å². The number of hydrogen-bond acceptors (Lipinski definition) is 4. The highest BCUT2D eigenvalue weighted by molar-refractivity contribution is 5.40. The number of hydrogen-bond donors (Lipinski definition) is 2. The van der Waals surface area contributed by atoms with E-state index >= 15 is 0 Å². The molecule has 1 aromatic carbocycles.